The molecular formula is C20H28N2O4. The summed E-state index contributed by atoms with van der Waals surface area (Å²) in [5.74, 6) is -0.961. The molecule has 2 amide bonds. The molecule has 0 radical (unpaired) electrons. The van der Waals surface area contributed by atoms with Crippen LogP contribution in [0.5, 0.6) is 0 Å². The first-order valence-corrected chi connectivity index (χ1v) is 9.35. The van der Waals surface area contributed by atoms with Crippen molar-refractivity contribution in [2.75, 3.05) is 31.6 Å². The Kier molecular flexibility index (Phi) is 5.34. The summed E-state index contributed by atoms with van der Waals surface area (Å²) in [6, 6.07) is 7.68. The Morgan fingerprint density at radius 3 is 2.38 bits per heavy atom. The monoisotopic (exact) mass is 360 g/mol. The molecule has 0 atom stereocenters. The molecule has 0 aromatic heterocycles. The first kappa shape index (κ1) is 18.9. The minimum absolute atomic E-state index is 0.156. The van der Waals surface area contributed by atoms with E-state index < -0.39 is 11.2 Å². The minimum Gasteiger partial charge on any atom is -0.347 e. The minimum atomic E-state index is -1.14. The highest BCUT2D eigenvalue weighted by Crippen LogP contribution is 2.33. The first-order valence-electron chi connectivity index (χ1n) is 9.35. The highest BCUT2D eigenvalue weighted by atomic mass is 16.7. The number of carbonyl (C=O) groups excluding carboxylic acids is 2. The van der Waals surface area contributed by atoms with E-state index in [4.69, 9.17) is 9.47 Å². The van der Waals surface area contributed by atoms with Crippen LogP contribution in [0.15, 0.2) is 24.3 Å². The topological polar surface area (TPSA) is 67.9 Å². The largest absolute Gasteiger partial charge is 0.347 e. The van der Waals surface area contributed by atoms with Crippen LogP contribution in [0.3, 0.4) is 0 Å². The van der Waals surface area contributed by atoms with E-state index in [2.05, 4.69) is 5.32 Å². The Bertz CT molecular complexity index is 670. The van der Waals surface area contributed by atoms with E-state index in [9.17, 15) is 9.59 Å². The second-order valence-corrected chi connectivity index (χ2v) is 7.49. The number of hydrogen-bond acceptors (Lipinski definition) is 4. The summed E-state index contributed by atoms with van der Waals surface area (Å²) in [5.41, 5.74) is 0.689. The number of para-hydroxylation sites is 1. The maximum atomic E-state index is 13.0. The molecule has 0 saturated carbocycles. The molecule has 6 nitrogen and oxygen atoms in total. The zero-order valence-corrected chi connectivity index (χ0v) is 15.8. The second-order valence-electron chi connectivity index (χ2n) is 7.49. The number of nitrogens with zero attached hydrogens (tertiary/aromatic N) is 1. The van der Waals surface area contributed by atoms with Gasteiger partial charge < -0.3 is 19.7 Å². The fraction of sp³-hybridized carbons (Fsp3) is 0.600. The summed E-state index contributed by atoms with van der Waals surface area (Å²) < 4.78 is 11.4. The van der Waals surface area contributed by atoms with E-state index in [1.807, 2.05) is 31.2 Å². The van der Waals surface area contributed by atoms with E-state index in [1.54, 1.807) is 18.7 Å². The van der Waals surface area contributed by atoms with Crippen LogP contribution in [0.25, 0.3) is 0 Å². The molecule has 1 spiro atoms. The van der Waals surface area contributed by atoms with E-state index >= 15 is 0 Å². The molecule has 3 rings (SSSR count). The normalized spacial score (nSPS) is 19.6. The van der Waals surface area contributed by atoms with Crippen LogP contribution in [-0.4, -0.2) is 48.8 Å². The predicted molar refractivity (Wildman–Crippen MR) is 98.7 cm³/mol. The molecule has 6 heteroatoms. The van der Waals surface area contributed by atoms with Gasteiger partial charge in [0.2, 0.25) is 11.8 Å². The lowest BCUT2D eigenvalue weighted by atomic mass is 9.88. The van der Waals surface area contributed by atoms with Crippen molar-refractivity contribution in [1.82, 2.24) is 4.90 Å². The Morgan fingerprint density at radius 1 is 1.15 bits per heavy atom. The number of piperidine rings is 1. The van der Waals surface area contributed by atoms with Crippen LogP contribution < -0.4 is 5.32 Å². The van der Waals surface area contributed by atoms with E-state index in [0.717, 1.165) is 17.7 Å². The summed E-state index contributed by atoms with van der Waals surface area (Å²) in [7, 11) is 0. The number of hydrogen-bond donors (Lipinski definition) is 1. The Morgan fingerprint density at radius 2 is 1.77 bits per heavy atom. The molecule has 2 saturated heterocycles. The van der Waals surface area contributed by atoms with Gasteiger partial charge in [-0.25, -0.2) is 0 Å². The van der Waals surface area contributed by atoms with Gasteiger partial charge in [0.25, 0.3) is 0 Å². The van der Waals surface area contributed by atoms with Gasteiger partial charge in [0.05, 0.1) is 13.2 Å². The number of ether oxygens (including phenoxy) is 2. The first-order chi connectivity index (χ1) is 12.4. The van der Waals surface area contributed by atoms with Crippen molar-refractivity contribution in [2.45, 2.75) is 45.8 Å². The van der Waals surface area contributed by atoms with Crippen molar-refractivity contribution < 1.29 is 19.1 Å². The number of nitrogens with one attached hydrogen (secondary N) is 1. The molecule has 2 heterocycles. The van der Waals surface area contributed by atoms with Gasteiger partial charge in [0, 0.05) is 31.6 Å². The van der Waals surface area contributed by atoms with Crippen LogP contribution in [0.2, 0.25) is 0 Å². The number of carbonyl (C=O) groups is 2. The fourth-order valence-electron chi connectivity index (χ4n) is 3.56. The Balaban J connectivity index is 1.65. The molecule has 0 bridgehead atoms. The van der Waals surface area contributed by atoms with E-state index in [1.165, 1.54) is 0 Å². The molecule has 1 N–H and O–H groups in total. The van der Waals surface area contributed by atoms with Gasteiger partial charge in [-0.3, -0.25) is 9.59 Å². The molecule has 1 aromatic rings. The van der Waals surface area contributed by atoms with Crippen LogP contribution in [0.4, 0.5) is 5.69 Å². The predicted octanol–water partition coefficient (Wildman–Crippen LogP) is 2.58. The lowest BCUT2D eigenvalue weighted by Crippen LogP contribution is -2.53. The highest BCUT2D eigenvalue weighted by molar-refractivity contribution is 6.10. The van der Waals surface area contributed by atoms with Crippen LogP contribution in [-0.2, 0) is 25.5 Å². The number of benzene rings is 1. The van der Waals surface area contributed by atoms with Crippen molar-refractivity contribution in [3.8, 4) is 0 Å². The van der Waals surface area contributed by atoms with Crippen LogP contribution >= 0.6 is 0 Å². The van der Waals surface area contributed by atoms with Crippen molar-refractivity contribution in [1.29, 1.82) is 0 Å². The van der Waals surface area contributed by atoms with Crippen molar-refractivity contribution in [3.05, 3.63) is 29.8 Å². The van der Waals surface area contributed by atoms with Gasteiger partial charge >= 0.3 is 0 Å². The molecule has 2 fully saturated rings. The summed E-state index contributed by atoms with van der Waals surface area (Å²) >= 11 is 0. The number of likely N-dealkylation sites (tertiary alicyclic amines) is 1. The average molecular weight is 360 g/mol. The van der Waals surface area contributed by atoms with Gasteiger partial charge in [-0.05, 0) is 31.9 Å². The zero-order valence-electron chi connectivity index (χ0n) is 15.8. The third-order valence-electron chi connectivity index (χ3n) is 5.37. The maximum Gasteiger partial charge on any atom is 0.239 e. The smallest absolute Gasteiger partial charge is 0.239 e. The third-order valence-corrected chi connectivity index (χ3v) is 5.37. The standard InChI is InChI=1S/C20H28N2O4/c1-4-15-7-5-6-8-16(15)21-17(23)19(2,3)18(24)22-11-9-20(10-12-22)25-13-14-26-20/h5-8H,4,9-14H2,1-3H3,(H,21,23). The number of anilines is 1. The average Bonchev–Trinajstić information content (AvgIpc) is 3.10. The van der Waals surface area contributed by atoms with Gasteiger partial charge in [-0.1, -0.05) is 25.1 Å². The second kappa shape index (κ2) is 7.37. The third kappa shape index (κ3) is 3.62. The van der Waals surface area contributed by atoms with Gasteiger partial charge in [0.1, 0.15) is 5.41 Å². The summed E-state index contributed by atoms with van der Waals surface area (Å²) in [6.45, 7) is 7.72. The maximum absolute atomic E-state index is 13.0. The quantitative estimate of drug-likeness (QED) is 0.838. The van der Waals surface area contributed by atoms with E-state index in [0.29, 0.717) is 39.1 Å². The van der Waals surface area contributed by atoms with E-state index in [-0.39, 0.29) is 11.8 Å². The molecule has 0 aliphatic carbocycles. The molecular weight excluding hydrogens is 332 g/mol. The SMILES string of the molecule is CCc1ccccc1NC(=O)C(C)(C)C(=O)N1CCC2(CC1)OCCO2. The highest BCUT2D eigenvalue weighted by Gasteiger charge is 2.45. The molecule has 26 heavy (non-hydrogen) atoms. The van der Waals surface area contributed by atoms with Crippen LogP contribution in [0, 0.1) is 5.41 Å². The van der Waals surface area contributed by atoms with Crippen LogP contribution in [0.1, 0.15) is 39.2 Å². The summed E-state index contributed by atoms with van der Waals surface area (Å²) in [5, 5.41) is 2.93. The summed E-state index contributed by atoms with van der Waals surface area (Å²) in [4.78, 5) is 27.6. The fourth-order valence-corrected chi connectivity index (χ4v) is 3.56. The van der Waals surface area contributed by atoms with Gasteiger partial charge in [0.15, 0.2) is 5.79 Å². The molecule has 0 unspecified atom stereocenters. The summed E-state index contributed by atoms with van der Waals surface area (Å²) in [6.07, 6.45) is 2.11. The lowest BCUT2D eigenvalue weighted by molar-refractivity contribution is -0.189. The van der Waals surface area contributed by atoms with Crippen molar-refractivity contribution in [2.24, 2.45) is 5.41 Å². The zero-order chi connectivity index (χ0) is 18.8. The molecule has 2 aliphatic rings. The Labute approximate surface area is 154 Å². The molecule has 2 aliphatic heterocycles. The molecule has 1 aromatic carbocycles. The number of rotatable bonds is 4. The molecule has 142 valence electrons. The van der Waals surface area contributed by atoms with Crippen molar-refractivity contribution in [3.63, 3.8) is 0 Å². The Hall–Kier alpha value is -1.92. The van der Waals surface area contributed by atoms with Gasteiger partial charge in [-0.15, -0.1) is 0 Å². The van der Waals surface area contributed by atoms with Crippen molar-refractivity contribution >= 4 is 17.5 Å². The number of amides is 2. The lowest BCUT2D eigenvalue weighted by Gasteiger charge is -2.40. The number of aryl methyl sites for hydroxylation is 1. The van der Waals surface area contributed by atoms with Gasteiger partial charge in [-0.2, -0.15) is 0 Å².